The summed E-state index contributed by atoms with van der Waals surface area (Å²) in [4.78, 5) is 11.8. The molecule has 0 bridgehead atoms. The van der Waals surface area contributed by atoms with Gasteiger partial charge in [-0.25, -0.2) is 4.98 Å². The number of aryl methyl sites for hydroxylation is 2. The van der Waals surface area contributed by atoms with Gasteiger partial charge in [-0.05, 0) is 87.3 Å². The van der Waals surface area contributed by atoms with E-state index in [0.717, 1.165) is 16.6 Å². The van der Waals surface area contributed by atoms with Crippen LogP contribution in [0, 0.1) is 20.8 Å². The Balaban J connectivity index is 1.64. The van der Waals surface area contributed by atoms with Crippen LogP contribution < -0.4 is 5.32 Å². The zero-order valence-electron chi connectivity index (χ0n) is 18.4. The van der Waals surface area contributed by atoms with Crippen molar-refractivity contribution in [2.24, 2.45) is 0 Å². The van der Waals surface area contributed by atoms with Gasteiger partial charge in [0.15, 0.2) is 5.11 Å². The molecule has 2 aliphatic rings. The normalized spacial score (nSPS) is 21.6. The van der Waals surface area contributed by atoms with E-state index in [4.69, 9.17) is 17.2 Å². The van der Waals surface area contributed by atoms with Crippen LogP contribution in [0.4, 0.5) is 0 Å². The lowest BCUT2D eigenvalue weighted by Gasteiger charge is -2.33. The van der Waals surface area contributed by atoms with Crippen molar-refractivity contribution in [2.75, 3.05) is 0 Å². The maximum absolute atomic E-state index is 5.89. The minimum atomic E-state index is 0.0359. The molecule has 1 saturated carbocycles. The van der Waals surface area contributed by atoms with Crippen LogP contribution in [0.25, 0.3) is 5.82 Å². The first-order valence-electron chi connectivity index (χ1n) is 11.2. The summed E-state index contributed by atoms with van der Waals surface area (Å²) in [6.45, 7) is 6.48. The number of rotatable bonds is 4. The van der Waals surface area contributed by atoms with Gasteiger partial charge in [-0.3, -0.25) is 4.98 Å². The molecule has 3 aromatic heterocycles. The molecule has 31 heavy (non-hydrogen) atoms. The molecule has 0 spiro atoms. The number of hydrogen-bond acceptors (Lipinski definition) is 3. The summed E-state index contributed by atoms with van der Waals surface area (Å²) in [5.41, 5.74) is 5.96. The summed E-state index contributed by atoms with van der Waals surface area (Å²) in [5.74, 6) is 0.969. The lowest BCUT2D eigenvalue weighted by molar-refractivity contribution is 0.245. The van der Waals surface area contributed by atoms with Crippen molar-refractivity contribution in [3.63, 3.8) is 0 Å². The van der Waals surface area contributed by atoms with Crippen molar-refractivity contribution in [1.29, 1.82) is 0 Å². The van der Waals surface area contributed by atoms with E-state index >= 15 is 0 Å². The van der Waals surface area contributed by atoms with Gasteiger partial charge in [-0.15, -0.1) is 0 Å². The monoisotopic (exact) mass is 431 g/mol. The van der Waals surface area contributed by atoms with Crippen LogP contribution in [0.5, 0.6) is 0 Å². The Morgan fingerprint density at radius 3 is 2.52 bits per heavy atom. The highest BCUT2D eigenvalue weighted by Crippen LogP contribution is 2.44. The molecule has 0 amide bonds. The topological polar surface area (TPSA) is 46.0 Å². The van der Waals surface area contributed by atoms with Gasteiger partial charge in [-0.2, -0.15) is 0 Å². The lowest BCUT2D eigenvalue weighted by atomic mass is 9.95. The summed E-state index contributed by atoms with van der Waals surface area (Å²) in [5, 5.41) is 4.47. The molecule has 1 aliphatic heterocycles. The van der Waals surface area contributed by atoms with Gasteiger partial charge in [-0.1, -0.05) is 18.9 Å². The molecule has 1 N–H and O–H groups in total. The van der Waals surface area contributed by atoms with Crippen molar-refractivity contribution >= 4 is 17.3 Å². The minimum Gasteiger partial charge on any atom is -0.352 e. The molecule has 3 aromatic rings. The second-order valence-electron chi connectivity index (χ2n) is 8.83. The quantitative estimate of drug-likeness (QED) is 0.582. The average molecular weight is 432 g/mol. The summed E-state index contributed by atoms with van der Waals surface area (Å²) in [7, 11) is 0. The van der Waals surface area contributed by atoms with Crippen molar-refractivity contribution in [3.8, 4) is 5.82 Å². The Bertz CT molecular complexity index is 1100. The fourth-order valence-corrected chi connectivity index (χ4v) is 5.75. The molecular formula is C25H29N5S. The van der Waals surface area contributed by atoms with Crippen LogP contribution in [-0.4, -0.2) is 30.6 Å². The average Bonchev–Trinajstić information content (AvgIpc) is 3.46. The molecule has 6 heteroatoms. The first-order valence-corrected chi connectivity index (χ1v) is 11.6. The second-order valence-corrected chi connectivity index (χ2v) is 9.21. The molecule has 4 heterocycles. The van der Waals surface area contributed by atoms with Crippen LogP contribution in [-0.2, 0) is 0 Å². The fourth-order valence-electron chi connectivity index (χ4n) is 5.36. The molecule has 5 rings (SSSR count). The van der Waals surface area contributed by atoms with E-state index < -0.39 is 0 Å². The Morgan fingerprint density at radius 1 is 1.00 bits per heavy atom. The van der Waals surface area contributed by atoms with E-state index in [1.807, 2.05) is 24.5 Å². The number of hydrogen-bond donors (Lipinski definition) is 1. The predicted molar refractivity (Wildman–Crippen MR) is 127 cm³/mol. The third kappa shape index (κ3) is 3.53. The first kappa shape index (κ1) is 20.2. The van der Waals surface area contributed by atoms with Gasteiger partial charge in [0.25, 0.3) is 0 Å². The zero-order chi connectivity index (χ0) is 21.5. The third-order valence-electron chi connectivity index (χ3n) is 6.77. The Morgan fingerprint density at radius 2 is 1.81 bits per heavy atom. The molecule has 5 nitrogen and oxygen atoms in total. The third-order valence-corrected chi connectivity index (χ3v) is 7.10. The van der Waals surface area contributed by atoms with E-state index in [-0.39, 0.29) is 12.1 Å². The number of thiocarbonyl (C=S) groups is 1. The standard InChI is InChI=1S/C25H29N5S/c1-16-11-13-27-22(14-16)29-17(2)15-20(18(29)3)24-23(21-10-6-7-12-26-21)28-25(31)30(24)19-8-4-5-9-19/h6-7,10-15,19,23-24H,4-5,8-9H2,1-3H3,(H,28,31). The zero-order valence-corrected chi connectivity index (χ0v) is 19.2. The fraction of sp³-hybridized carbons (Fsp3) is 0.400. The van der Waals surface area contributed by atoms with Crippen molar-refractivity contribution in [1.82, 2.24) is 24.8 Å². The van der Waals surface area contributed by atoms with Gasteiger partial charge < -0.3 is 14.8 Å². The summed E-state index contributed by atoms with van der Waals surface area (Å²) < 4.78 is 2.27. The van der Waals surface area contributed by atoms with Crippen LogP contribution in [0.3, 0.4) is 0 Å². The van der Waals surface area contributed by atoms with E-state index in [2.05, 4.69) is 64.8 Å². The predicted octanol–water partition coefficient (Wildman–Crippen LogP) is 5.11. The molecule has 2 unspecified atom stereocenters. The number of aromatic nitrogens is 3. The minimum absolute atomic E-state index is 0.0359. The number of nitrogens with zero attached hydrogens (tertiary/aromatic N) is 4. The van der Waals surface area contributed by atoms with Gasteiger partial charge in [0.05, 0.1) is 17.8 Å². The highest BCUT2D eigenvalue weighted by atomic mass is 32.1. The SMILES string of the molecule is Cc1ccnc(-n2c(C)cc(C3C(c4ccccn4)NC(=S)N3C3CCCC3)c2C)c1. The summed E-state index contributed by atoms with van der Waals surface area (Å²) in [6.07, 6.45) is 8.71. The number of nitrogens with one attached hydrogen (secondary N) is 1. The molecular weight excluding hydrogens is 402 g/mol. The highest BCUT2D eigenvalue weighted by molar-refractivity contribution is 7.80. The summed E-state index contributed by atoms with van der Waals surface area (Å²) >= 11 is 5.89. The van der Waals surface area contributed by atoms with Crippen LogP contribution >= 0.6 is 12.2 Å². The van der Waals surface area contributed by atoms with Gasteiger partial charge in [0.1, 0.15) is 5.82 Å². The molecule has 1 saturated heterocycles. The second kappa shape index (κ2) is 8.08. The first-order chi connectivity index (χ1) is 15.0. The van der Waals surface area contributed by atoms with Gasteiger partial charge in [0.2, 0.25) is 0 Å². The Hall–Kier alpha value is -2.73. The van der Waals surface area contributed by atoms with Gasteiger partial charge in [0, 0.05) is 29.8 Å². The van der Waals surface area contributed by atoms with Crippen LogP contribution in [0.2, 0.25) is 0 Å². The lowest BCUT2D eigenvalue weighted by Crippen LogP contribution is -2.37. The van der Waals surface area contributed by atoms with Crippen molar-refractivity contribution in [2.45, 2.75) is 64.6 Å². The van der Waals surface area contributed by atoms with E-state index in [1.165, 1.54) is 48.2 Å². The van der Waals surface area contributed by atoms with Crippen LogP contribution in [0.15, 0.2) is 48.8 Å². The Labute approximate surface area is 189 Å². The highest BCUT2D eigenvalue weighted by Gasteiger charge is 2.44. The molecule has 160 valence electrons. The molecule has 0 aromatic carbocycles. The smallest absolute Gasteiger partial charge is 0.170 e. The molecule has 1 aliphatic carbocycles. The van der Waals surface area contributed by atoms with E-state index in [1.54, 1.807) is 0 Å². The van der Waals surface area contributed by atoms with Gasteiger partial charge >= 0.3 is 0 Å². The summed E-state index contributed by atoms with van der Waals surface area (Å²) in [6, 6.07) is 13.3. The van der Waals surface area contributed by atoms with Crippen molar-refractivity contribution in [3.05, 3.63) is 77.0 Å². The molecule has 2 fully saturated rings. The van der Waals surface area contributed by atoms with Crippen molar-refractivity contribution < 1.29 is 0 Å². The molecule has 0 radical (unpaired) electrons. The van der Waals surface area contributed by atoms with E-state index in [9.17, 15) is 0 Å². The van der Waals surface area contributed by atoms with Crippen LogP contribution in [0.1, 0.15) is 66.0 Å². The Kier molecular flexibility index (Phi) is 5.26. The molecule has 2 atom stereocenters. The number of pyridine rings is 2. The largest absolute Gasteiger partial charge is 0.352 e. The maximum Gasteiger partial charge on any atom is 0.170 e. The van der Waals surface area contributed by atoms with E-state index in [0.29, 0.717) is 6.04 Å². The maximum atomic E-state index is 5.89.